The zero-order valence-electron chi connectivity index (χ0n) is 16.3. The molecule has 1 aliphatic rings. The van der Waals surface area contributed by atoms with Crippen LogP contribution in [-0.2, 0) is 7.05 Å². The Morgan fingerprint density at radius 3 is 2.79 bits per heavy atom. The molecule has 4 rings (SSSR count). The molecule has 1 saturated heterocycles. The van der Waals surface area contributed by atoms with Crippen LogP contribution in [-0.4, -0.2) is 49.4 Å². The molecule has 0 N–H and O–H groups in total. The maximum absolute atomic E-state index is 13.4. The topological polar surface area (TPSA) is 81.0 Å². The lowest BCUT2D eigenvalue weighted by Crippen LogP contribution is -2.42. The molecular formula is C21H23N5O2. The van der Waals surface area contributed by atoms with Gasteiger partial charge >= 0.3 is 0 Å². The van der Waals surface area contributed by atoms with Crippen molar-refractivity contribution in [2.75, 3.05) is 13.1 Å². The highest BCUT2D eigenvalue weighted by Crippen LogP contribution is 2.26. The van der Waals surface area contributed by atoms with E-state index in [1.54, 1.807) is 27.9 Å². The zero-order chi connectivity index (χ0) is 19.8. The number of pyridine rings is 2. The lowest BCUT2D eigenvalue weighted by atomic mass is 9.91. The summed E-state index contributed by atoms with van der Waals surface area (Å²) in [5, 5.41) is 5.21. The zero-order valence-corrected chi connectivity index (χ0v) is 16.3. The molecule has 1 fully saturated rings. The van der Waals surface area contributed by atoms with Crippen LogP contribution in [0.5, 0.6) is 0 Å². The van der Waals surface area contributed by atoms with Gasteiger partial charge in [0.2, 0.25) is 0 Å². The number of fused-ring (bicyclic) bond motifs is 1. The first-order valence-corrected chi connectivity index (χ1v) is 9.51. The third-order valence-corrected chi connectivity index (χ3v) is 5.32. The number of likely N-dealkylation sites (tertiary alicyclic amines) is 1. The Hall–Kier alpha value is -3.09. The summed E-state index contributed by atoms with van der Waals surface area (Å²) in [6, 6.07) is 7.16. The fourth-order valence-electron chi connectivity index (χ4n) is 4.00. The largest absolute Gasteiger partial charge is 0.338 e. The van der Waals surface area contributed by atoms with E-state index in [1.807, 2.05) is 33.0 Å². The van der Waals surface area contributed by atoms with Crippen LogP contribution >= 0.6 is 0 Å². The number of amides is 1. The number of nitrogens with zero attached hydrogens (tertiary/aromatic N) is 5. The highest BCUT2D eigenvalue weighted by atomic mass is 16.2. The highest BCUT2D eigenvalue weighted by Gasteiger charge is 2.31. The lowest BCUT2D eigenvalue weighted by Gasteiger charge is -2.32. The number of aromatic nitrogens is 4. The first-order chi connectivity index (χ1) is 13.5. The summed E-state index contributed by atoms with van der Waals surface area (Å²) in [6.07, 6.45) is 3.20. The Labute approximate surface area is 163 Å². The molecule has 144 valence electrons. The summed E-state index contributed by atoms with van der Waals surface area (Å²) in [5.74, 6) is -0.280. The van der Waals surface area contributed by atoms with Gasteiger partial charge in [-0.15, -0.1) is 0 Å². The molecule has 1 atom stereocenters. The van der Waals surface area contributed by atoms with Crippen molar-refractivity contribution < 1.29 is 9.59 Å². The maximum atomic E-state index is 13.4. The number of ketones is 1. The maximum Gasteiger partial charge on any atom is 0.254 e. The second-order valence-corrected chi connectivity index (χ2v) is 7.39. The summed E-state index contributed by atoms with van der Waals surface area (Å²) < 4.78 is 1.71. The van der Waals surface area contributed by atoms with Gasteiger partial charge in [0, 0.05) is 37.9 Å². The molecule has 3 aromatic rings. The average Bonchev–Trinajstić information content (AvgIpc) is 3.00. The normalized spacial score (nSPS) is 17.1. The minimum Gasteiger partial charge on any atom is -0.338 e. The van der Waals surface area contributed by atoms with Gasteiger partial charge in [-0.3, -0.25) is 19.3 Å². The molecule has 0 spiro atoms. The van der Waals surface area contributed by atoms with E-state index in [9.17, 15) is 9.59 Å². The number of hydrogen-bond acceptors (Lipinski definition) is 5. The molecule has 1 amide bonds. The molecular weight excluding hydrogens is 354 g/mol. The van der Waals surface area contributed by atoms with E-state index >= 15 is 0 Å². The average molecular weight is 377 g/mol. The first kappa shape index (κ1) is 18.3. The van der Waals surface area contributed by atoms with E-state index in [2.05, 4.69) is 15.1 Å². The van der Waals surface area contributed by atoms with E-state index in [1.165, 1.54) is 0 Å². The molecule has 0 radical (unpaired) electrons. The van der Waals surface area contributed by atoms with Crippen LogP contribution in [0.3, 0.4) is 0 Å². The molecule has 4 heterocycles. The Balaban J connectivity index is 1.64. The van der Waals surface area contributed by atoms with E-state index in [0.29, 0.717) is 30.0 Å². The van der Waals surface area contributed by atoms with Crippen LogP contribution in [0, 0.1) is 19.8 Å². The van der Waals surface area contributed by atoms with Crippen molar-refractivity contribution >= 4 is 22.7 Å². The van der Waals surface area contributed by atoms with Crippen molar-refractivity contribution in [3.05, 3.63) is 53.1 Å². The fourth-order valence-corrected chi connectivity index (χ4v) is 4.00. The van der Waals surface area contributed by atoms with Crippen molar-refractivity contribution in [2.24, 2.45) is 13.0 Å². The Morgan fingerprint density at radius 2 is 2.04 bits per heavy atom. The number of carbonyl (C=O) groups is 2. The molecule has 28 heavy (non-hydrogen) atoms. The van der Waals surface area contributed by atoms with Crippen LogP contribution in [0.4, 0.5) is 0 Å². The van der Waals surface area contributed by atoms with Crippen molar-refractivity contribution in [3.63, 3.8) is 0 Å². The van der Waals surface area contributed by atoms with Crippen LogP contribution in [0.15, 0.2) is 30.5 Å². The lowest BCUT2D eigenvalue weighted by molar-refractivity contribution is 0.0637. The second kappa shape index (κ2) is 7.14. The standard InChI is InChI=1S/C21H23N5O2/c1-13-11-16(18-14(2)24-25(3)20(18)23-13)21(28)26-10-6-7-15(12-26)19(27)17-8-4-5-9-22-17/h4-5,8-9,11,15H,6-7,10,12H2,1-3H3. The molecule has 1 aliphatic heterocycles. The predicted octanol–water partition coefficient (Wildman–Crippen LogP) is 2.72. The predicted molar refractivity (Wildman–Crippen MR) is 105 cm³/mol. The Morgan fingerprint density at radius 1 is 1.21 bits per heavy atom. The molecule has 7 heteroatoms. The van der Waals surface area contributed by atoms with Gasteiger partial charge in [-0.2, -0.15) is 5.10 Å². The number of piperidine rings is 1. The van der Waals surface area contributed by atoms with Crippen molar-refractivity contribution in [3.8, 4) is 0 Å². The summed E-state index contributed by atoms with van der Waals surface area (Å²) >= 11 is 0. The molecule has 3 aromatic heterocycles. The van der Waals surface area contributed by atoms with Crippen LogP contribution < -0.4 is 0 Å². The van der Waals surface area contributed by atoms with Gasteiger partial charge < -0.3 is 4.90 Å². The van der Waals surface area contributed by atoms with Crippen molar-refractivity contribution in [1.29, 1.82) is 0 Å². The fraction of sp³-hybridized carbons (Fsp3) is 0.381. The quantitative estimate of drug-likeness (QED) is 0.656. The van der Waals surface area contributed by atoms with E-state index < -0.39 is 0 Å². The van der Waals surface area contributed by atoms with Crippen LogP contribution in [0.1, 0.15) is 45.1 Å². The first-order valence-electron chi connectivity index (χ1n) is 9.51. The van der Waals surface area contributed by atoms with Gasteiger partial charge in [0.25, 0.3) is 5.91 Å². The molecule has 1 unspecified atom stereocenters. The van der Waals surface area contributed by atoms with Gasteiger partial charge in [0.1, 0.15) is 5.69 Å². The minimum atomic E-state index is -0.221. The Bertz CT molecular complexity index is 1060. The van der Waals surface area contributed by atoms with Crippen molar-refractivity contribution in [1.82, 2.24) is 24.6 Å². The van der Waals surface area contributed by atoms with Gasteiger partial charge in [-0.1, -0.05) is 6.07 Å². The minimum absolute atomic E-state index is 0.00622. The van der Waals surface area contributed by atoms with Crippen LogP contribution in [0.25, 0.3) is 11.0 Å². The van der Waals surface area contributed by atoms with Gasteiger partial charge in [-0.05, 0) is 44.9 Å². The third-order valence-electron chi connectivity index (χ3n) is 5.32. The highest BCUT2D eigenvalue weighted by molar-refractivity contribution is 6.07. The van der Waals surface area contributed by atoms with E-state index in [-0.39, 0.29) is 17.6 Å². The Kier molecular flexibility index (Phi) is 4.66. The van der Waals surface area contributed by atoms with Crippen molar-refractivity contribution in [2.45, 2.75) is 26.7 Å². The molecule has 0 aromatic carbocycles. The van der Waals surface area contributed by atoms with Gasteiger partial charge in [0.05, 0.1) is 16.6 Å². The molecule has 0 saturated carbocycles. The van der Waals surface area contributed by atoms with Crippen LogP contribution in [0.2, 0.25) is 0 Å². The third kappa shape index (κ3) is 3.17. The number of carbonyl (C=O) groups excluding carboxylic acids is 2. The van der Waals surface area contributed by atoms with Gasteiger partial charge in [0.15, 0.2) is 11.4 Å². The van der Waals surface area contributed by atoms with Gasteiger partial charge in [-0.25, -0.2) is 4.98 Å². The monoisotopic (exact) mass is 377 g/mol. The summed E-state index contributed by atoms with van der Waals surface area (Å²) in [7, 11) is 1.83. The number of rotatable bonds is 3. The summed E-state index contributed by atoms with van der Waals surface area (Å²) in [6.45, 7) is 4.82. The molecule has 0 aliphatic carbocycles. The summed E-state index contributed by atoms with van der Waals surface area (Å²) in [4.78, 5) is 36.7. The number of hydrogen-bond donors (Lipinski definition) is 0. The second-order valence-electron chi connectivity index (χ2n) is 7.39. The SMILES string of the molecule is Cc1cc(C(=O)N2CCCC(C(=O)c3ccccn3)C2)c2c(C)nn(C)c2n1. The van der Waals surface area contributed by atoms with E-state index in [0.717, 1.165) is 29.6 Å². The smallest absolute Gasteiger partial charge is 0.254 e. The molecule has 0 bridgehead atoms. The number of aryl methyl sites for hydroxylation is 3. The van der Waals surface area contributed by atoms with E-state index in [4.69, 9.17) is 0 Å². The molecule has 7 nitrogen and oxygen atoms in total. The number of Topliss-reactive ketones (excluding diaryl/α,β-unsaturated/α-hetero) is 1. The summed E-state index contributed by atoms with van der Waals surface area (Å²) in [5.41, 5.74) is 3.34.